The normalized spacial score (nSPS) is 26.5. The van der Waals surface area contributed by atoms with Crippen molar-refractivity contribution in [2.45, 2.75) is 46.0 Å². The summed E-state index contributed by atoms with van der Waals surface area (Å²) in [4.78, 5) is 34.8. The number of rotatable bonds is 6. The molecule has 1 aliphatic carbocycles. The van der Waals surface area contributed by atoms with Gasteiger partial charge < -0.3 is 14.3 Å². The molecule has 0 aromatic rings. The Hall–Kier alpha value is -1.39. The Morgan fingerprint density at radius 3 is 2.53 bits per heavy atom. The molecule has 0 saturated heterocycles. The van der Waals surface area contributed by atoms with E-state index >= 15 is 0 Å². The van der Waals surface area contributed by atoms with Gasteiger partial charge >= 0.3 is 11.9 Å². The highest BCUT2D eigenvalue weighted by Crippen LogP contribution is 2.43. The summed E-state index contributed by atoms with van der Waals surface area (Å²) in [6.07, 6.45) is 3.24. The summed E-state index contributed by atoms with van der Waals surface area (Å²) in [7, 11) is 0. The fourth-order valence-corrected chi connectivity index (χ4v) is 2.72. The van der Waals surface area contributed by atoms with E-state index in [1.165, 1.54) is 0 Å². The molecule has 0 aromatic heterocycles. The second-order valence-corrected chi connectivity index (χ2v) is 4.92. The summed E-state index contributed by atoms with van der Waals surface area (Å²) in [6.45, 7) is 4.10. The maximum absolute atomic E-state index is 12.1. The molecular weight excluding hydrogens is 248 g/mol. The molecule has 0 unspecified atom stereocenters. The Balaban J connectivity index is 2.82. The van der Waals surface area contributed by atoms with Gasteiger partial charge in [0.2, 0.25) is 0 Å². The molecule has 5 nitrogen and oxygen atoms in total. The summed E-state index contributed by atoms with van der Waals surface area (Å²) in [6, 6.07) is 0. The maximum Gasteiger partial charge on any atom is 0.312 e. The highest BCUT2D eigenvalue weighted by atomic mass is 16.5. The van der Waals surface area contributed by atoms with Gasteiger partial charge in [0.15, 0.2) is 0 Å². The first-order valence-corrected chi connectivity index (χ1v) is 6.87. The van der Waals surface area contributed by atoms with Crippen LogP contribution >= 0.6 is 0 Å². The summed E-state index contributed by atoms with van der Waals surface area (Å²) in [5.74, 6) is -0.948. The number of aldehydes is 1. The molecule has 1 fully saturated rings. The number of hydrogen-bond donors (Lipinski definition) is 0. The van der Waals surface area contributed by atoms with Crippen LogP contribution in [0.25, 0.3) is 0 Å². The Morgan fingerprint density at radius 2 is 1.95 bits per heavy atom. The highest BCUT2D eigenvalue weighted by molar-refractivity contribution is 5.82. The molecule has 0 bridgehead atoms. The predicted octanol–water partition coefficient (Wildman–Crippen LogP) is 1.88. The van der Waals surface area contributed by atoms with Gasteiger partial charge in [-0.2, -0.15) is 0 Å². The van der Waals surface area contributed by atoms with Gasteiger partial charge in [0.1, 0.15) is 6.29 Å². The SMILES string of the molecule is CCOC(=O)[C@H]1CCC[C@](CC=O)(C(=O)OCC)C1. The predicted molar refractivity (Wildman–Crippen MR) is 68.3 cm³/mol. The third kappa shape index (κ3) is 3.78. The first-order chi connectivity index (χ1) is 9.09. The number of carbonyl (C=O) groups is 3. The summed E-state index contributed by atoms with van der Waals surface area (Å²) < 4.78 is 10.1. The van der Waals surface area contributed by atoms with Crippen LogP contribution < -0.4 is 0 Å². The first kappa shape index (κ1) is 15.7. The molecule has 1 rings (SSSR count). The number of ether oxygens (including phenoxy) is 2. The smallest absolute Gasteiger partial charge is 0.312 e. The lowest BCUT2D eigenvalue weighted by Crippen LogP contribution is -2.40. The van der Waals surface area contributed by atoms with E-state index < -0.39 is 5.41 Å². The standard InChI is InChI=1S/C14H22O5/c1-3-18-12(16)11-6-5-7-14(10-11,8-9-15)13(17)19-4-2/h9,11H,3-8,10H2,1-2H3/t11-,14+/m0/s1. The monoisotopic (exact) mass is 270 g/mol. The van der Waals surface area contributed by atoms with E-state index in [2.05, 4.69) is 0 Å². The molecule has 0 radical (unpaired) electrons. The zero-order valence-corrected chi connectivity index (χ0v) is 11.6. The van der Waals surface area contributed by atoms with Gasteiger partial charge in [0, 0.05) is 6.42 Å². The van der Waals surface area contributed by atoms with E-state index in [9.17, 15) is 14.4 Å². The van der Waals surface area contributed by atoms with Crippen molar-refractivity contribution in [1.29, 1.82) is 0 Å². The molecule has 0 heterocycles. The van der Waals surface area contributed by atoms with Gasteiger partial charge in [-0.3, -0.25) is 9.59 Å². The van der Waals surface area contributed by atoms with Crippen molar-refractivity contribution >= 4 is 18.2 Å². The molecule has 0 aromatic carbocycles. The van der Waals surface area contributed by atoms with Crippen LogP contribution in [0.4, 0.5) is 0 Å². The Labute approximate surface area is 113 Å². The highest BCUT2D eigenvalue weighted by Gasteiger charge is 2.45. The van der Waals surface area contributed by atoms with Crippen molar-refractivity contribution in [2.24, 2.45) is 11.3 Å². The van der Waals surface area contributed by atoms with E-state index in [0.717, 1.165) is 12.7 Å². The molecule has 5 heteroatoms. The van der Waals surface area contributed by atoms with Gasteiger partial charge in [-0.15, -0.1) is 0 Å². The van der Waals surface area contributed by atoms with Crippen LogP contribution in [-0.2, 0) is 23.9 Å². The Bertz CT molecular complexity index is 339. The molecule has 0 N–H and O–H groups in total. The van der Waals surface area contributed by atoms with Crippen molar-refractivity contribution in [1.82, 2.24) is 0 Å². The average molecular weight is 270 g/mol. The molecule has 0 aliphatic heterocycles. The van der Waals surface area contributed by atoms with Gasteiger partial charge in [0.25, 0.3) is 0 Å². The Kier molecular flexibility index (Phi) is 5.99. The van der Waals surface area contributed by atoms with Crippen LogP contribution in [0.1, 0.15) is 46.0 Å². The number of carbonyl (C=O) groups excluding carboxylic acids is 3. The minimum atomic E-state index is -0.840. The first-order valence-electron chi connectivity index (χ1n) is 6.87. The van der Waals surface area contributed by atoms with E-state index in [0.29, 0.717) is 25.9 Å². The lowest BCUT2D eigenvalue weighted by Gasteiger charge is -2.36. The molecule has 0 spiro atoms. The fourth-order valence-electron chi connectivity index (χ4n) is 2.72. The van der Waals surface area contributed by atoms with Crippen molar-refractivity contribution in [3.8, 4) is 0 Å². The molecule has 1 saturated carbocycles. The topological polar surface area (TPSA) is 69.7 Å². The van der Waals surface area contributed by atoms with Crippen molar-refractivity contribution in [2.75, 3.05) is 13.2 Å². The van der Waals surface area contributed by atoms with Gasteiger partial charge in [-0.25, -0.2) is 0 Å². The Morgan fingerprint density at radius 1 is 1.26 bits per heavy atom. The van der Waals surface area contributed by atoms with Crippen molar-refractivity contribution in [3.63, 3.8) is 0 Å². The van der Waals surface area contributed by atoms with Crippen LogP contribution in [-0.4, -0.2) is 31.4 Å². The lowest BCUT2D eigenvalue weighted by molar-refractivity contribution is -0.163. The molecular formula is C14H22O5. The van der Waals surface area contributed by atoms with Crippen LogP contribution in [0.5, 0.6) is 0 Å². The maximum atomic E-state index is 12.1. The van der Waals surface area contributed by atoms with Crippen LogP contribution in [0.3, 0.4) is 0 Å². The zero-order valence-electron chi connectivity index (χ0n) is 11.6. The number of hydrogen-bond acceptors (Lipinski definition) is 5. The second kappa shape index (κ2) is 7.26. The molecule has 19 heavy (non-hydrogen) atoms. The molecule has 2 atom stereocenters. The largest absolute Gasteiger partial charge is 0.466 e. The minimum absolute atomic E-state index is 0.113. The average Bonchev–Trinajstić information content (AvgIpc) is 2.40. The summed E-state index contributed by atoms with van der Waals surface area (Å²) in [5.41, 5.74) is -0.840. The van der Waals surface area contributed by atoms with E-state index in [1.807, 2.05) is 0 Å². The van der Waals surface area contributed by atoms with Crippen molar-refractivity contribution in [3.05, 3.63) is 0 Å². The fraction of sp³-hybridized carbons (Fsp3) is 0.786. The second-order valence-electron chi connectivity index (χ2n) is 4.92. The molecule has 108 valence electrons. The van der Waals surface area contributed by atoms with E-state index in [4.69, 9.17) is 9.47 Å². The number of esters is 2. The lowest BCUT2D eigenvalue weighted by atomic mass is 9.68. The quantitative estimate of drug-likeness (QED) is 0.544. The zero-order chi connectivity index (χ0) is 14.3. The van der Waals surface area contributed by atoms with Gasteiger partial charge in [0.05, 0.1) is 24.5 Å². The van der Waals surface area contributed by atoms with Crippen molar-refractivity contribution < 1.29 is 23.9 Å². The third-order valence-corrected chi connectivity index (χ3v) is 3.65. The van der Waals surface area contributed by atoms with E-state index in [-0.39, 0.29) is 30.9 Å². The molecule has 0 amide bonds. The van der Waals surface area contributed by atoms with Crippen LogP contribution in [0.2, 0.25) is 0 Å². The van der Waals surface area contributed by atoms with E-state index in [1.54, 1.807) is 13.8 Å². The minimum Gasteiger partial charge on any atom is -0.466 e. The molecule has 1 aliphatic rings. The third-order valence-electron chi connectivity index (χ3n) is 3.65. The van der Waals surface area contributed by atoms with Crippen LogP contribution in [0, 0.1) is 11.3 Å². The van der Waals surface area contributed by atoms with Gasteiger partial charge in [-0.05, 0) is 33.1 Å². The van der Waals surface area contributed by atoms with Crippen LogP contribution in [0.15, 0.2) is 0 Å². The summed E-state index contributed by atoms with van der Waals surface area (Å²) >= 11 is 0. The summed E-state index contributed by atoms with van der Waals surface area (Å²) in [5, 5.41) is 0. The van der Waals surface area contributed by atoms with Gasteiger partial charge in [-0.1, -0.05) is 6.42 Å².